The first kappa shape index (κ1) is 17.3. The molecule has 0 bridgehead atoms. The van der Waals surface area contributed by atoms with Crippen LogP contribution in [0.15, 0.2) is 0 Å². The number of carbonyl (C=O) groups excluding carboxylic acids is 1. The van der Waals surface area contributed by atoms with Crippen molar-refractivity contribution in [3.63, 3.8) is 0 Å². The summed E-state index contributed by atoms with van der Waals surface area (Å²) in [6, 6.07) is 0. The molecule has 0 aliphatic heterocycles. The molecule has 0 aliphatic rings. The van der Waals surface area contributed by atoms with Crippen molar-refractivity contribution in [1.82, 2.24) is 4.90 Å². The lowest BCUT2D eigenvalue weighted by atomic mass is 10.0. The first-order valence-electron chi connectivity index (χ1n) is 6.01. The molecule has 0 heterocycles. The fourth-order valence-electron chi connectivity index (χ4n) is 1.51. The molecule has 0 saturated carbocycles. The van der Waals surface area contributed by atoms with Crippen LogP contribution in [0.25, 0.3) is 0 Å². The van der Waals surface area contributed by atoms with Gasteiger partial charge in [0.1, 0.15) is 0 Å². The van der Waals surface area contributed by atoms with E-state index in [2.05, 4.69) is 0 Å². The summed E-state index contributed by atoms with van der Waals surface area (Å²) in [6.07, 6.45) is 0.154. The van der Waals surface area contributed by atoms with Crippen LogP contribution in [0.3, 0.4) is 0 Å². The third-order valence-electron chi connectivity index (χ3n) is 2.80. The molecule has 0 aromatic heterocycles. The highest BCUT2D eigenvalue weighted by molar-refractivity contribution is 5.76. The van der Waals surface area contributed by atoms with Gasteiger partial charge in [-0.1, -0.05) is 6.92 Å². The minimum atomic E-state index is -1.34. The predicted octanol–water partition coefficient (Wildman–Crippen LogP) is 1.34. The summed E-state index contributed by atoms with van der Waals surface area (Å²) in [5, 5.41) is 21.8. The zero-order valence-corrected chi connectivity index (χ0v) is 12.0. The summed E-state index contributed by atoms with van der Waals surface area (Å²) >= 11 is 0. The first-order chi connectivity index (χ1) is 8.44. The summed E-state index contributed by atoms with van der Waals surface area (Å²) in [5.74, 6) is -0.329. The average Bonchev–Trinajstić information content (AvgIpc) is 2.25. The lowest BCUT2D eigenvalue weighted by Gasteiger charge is -2.30. The minimum Gasteiger partial charge on any atom is -0.328 e. The highest BCUT2D eigenvalue weighted by Crippen LogP contribution is 2.16. The zero-order valence-electron chi connectivity index (χ0n) is 12.0. The van der Waals surface area contributed by atoms with Crippen molar-refractivity contribution >= 4 is 5.91 Å². The van der Waals surface area contributed by atoms with Gasteiger partial charge in [-0.05, 0) is 0 Å². The van der Waals surface area contributed by atoms with Crippen molar-refractivity contribution in [2.75, 3.05) is 13.1 Å². The number of nitrogens with zero attached hydrogens (tertiary/aromatic N) is 3. The molecule has 0 aromatic carbocycles. The molecule has 0 spiro atoms. The fourth-order valence-corrected chi connectivity index (χ4v) is 1.51. The van der Waals surface area contributed by atoms with Crippen LogP contribution in [0.4, 0.5) is 0 Å². The van der Waals surface area contributed by atoms with E-state index >= 15 is 0 Å². The Balaban J connectivity index is 5.10. The standard InChI is InChI=1S/C11H21N3O5/c1-6-9(15)12(7-10(2,3)13(16)17)8-11(4,5)14(18)19/h6-8H2,1-5H3. The van der Waals surface area contributed by atoms with E-state index in [0.29, 0.717) is 0 Å². The molecular formula is C11H21N3O5. The summed E-state index contributed by atoms with van der Waals surface area (Å²) < 4.78 is 0. The van der Waals surface area contributed by atoms with Crippen LogP contribution in [-0.2, 0) is 4.79 Å². The summed E-state index contributed by atoms with van der Waals surface area (Å²) in [7, 11) is 0. The Hall–Kier alpha value is -1.73. The van der Waals surface area contributed by atoms with Gasteiger partial charge in [-0.25, -0.2) is 0 Å². The van der Waals surface area contributed by atoms with Gasteiger partial charge in [-0.2, -0.15) is 0 Å². The Labute approximate surface area is 112 Å². The van der Waals surface area contributed by atoms with Gasteiger partial charge in [-0.3, -0.25) is 25.0 Å². The van der Waals surface area contributed by atoms with Crippen LogP contribution in [0.2, 0.25) is 0 Å². The normalized spacial score (nSPS) is 12.1. The van der Waals surface area contributed by atoms with E-state index in [4.69, 9.17) is 0 Å². The Kier molecular flexibility index (Phi) is 5.40. The molecule has 0 radical (unpaired) electrons. The molecule has 0 aliphatic carbocycles. The number of rotatable bonds is 7. The Morgan fingerprint density at radius 3 is 1.53 bits per heavy atom. The van der Waals surface area contributed by atoms with Crippen molar-refractivity contribution in [1.29, 1.82) is 0 Å². The van der Waals surface area contributed by atoms with Crippen LogP contribution in [0, 0.1) is 20.2 Å². The largest absolute Gasteiger partial charge is 0.328 e. The maximum Gasteiger partial charge on any atom is 0.234 e. The topological polar surface area (TPSA) is 107 Å². The maximum atomic E-state index is 11.8. The van der Waals surface area contributed by atoms with Gasteiger partial charge in [0.05, 0.1) is 13.1 Å². The molecule has 1 amide bonds. The molecule has 0 rings (SSSR count). The summed E-state index contributed by atoms with van der Waals surface area (Å²) in [6.45, 7) is 6.88. The molecule has 0 atom stereocenters. The molecule has 0 N–H and O–H groups in total. The third kappa shape index (κ3) is 4.80. The zero-order chi connectivity index (χ0) is 15.4. The Morgan fingerprint density at radius 2 is 1.32 bits per heavy atom. The Bertz CT molecular complexity index is 351. The first-order valence-corrected chi connectivity index (χ1v) is 6.01. The summed E-state index contributed by atoms with van der Waals surface area (Å²) in [4.78, 5) is 33.8. The molecule has 8 nitrogen and oxygen atoms in total. The van der Waals surface area contributed by atoms with Gasteiger partial charge in [0, 0.05) is 44.0 Å². The van der Waals surface area contributed by atoms with Crippen molar-refractivity contribution in [3.8, 4) is 0 Å². The maximum absolute atomic E-state index is 11.8. The van der Waals surface area contributed by atoms with Crippen molar-refractivity contribution in [3.05, 3.63) is 20.2 Å². The second-order valence-electron chi connectivity index (χ2n) is 5.74. The van der Waals surface area contributed by atoms with E-state index in [1.165, 1.54) is 32.6 Å². The van der Waals surface area contributed by atoms with E-state index < -0.39 is 20.9 Å². The lowest BCUT2D eigenvalue weighted by molar-refractivity contribution is -0.568. The second-order valence-corrected chi connectivity index (χ2v) is 5.74. The molecule has 19 heavy (non-hydrogen) atoms. The van der Waals surface area contributed by atoms with Crippen LogP contribution < -0.4 is 0 Å². The highest BCUT2D eigenvalue weighted by Gasteiger charge is 2.40. The van der Waals surface area contributed by atoms with E-state index in [-0.39, 0.29) is 25.4 Å². The van der Waals surface area contributed by atoms with Crippen molar-refractivity contribution in [2.24, 2.45) is 0 Å². The monoisotopic (exact) mass is 275 g/mol. The number of hydrogen-bond acceptors (Lipinski definition) is 5. The van der Waals surface area contributed by atoms with Gasteiger partial charge in [0.15, 0.2) is 0 Å². The molecular weight excluding hydrogens is 254 g/mol. The van der Waals surface area contributed by atoms with Gasteiger partial charge in [-0.15, -0.1) is 0 Å². The predicted molar refractivity (Wildman–Crippen MR) is 69.0 cm³/mol. The van der Waals surface area contributed by atoms with Crippen molar-refractivity contribution < 1.29 is 14.6 Å². The van der Waals surface area contributed by atoms with Crippen LogP contribution in [0.1, 0.15) is 41.0 Å². The van der Waals surface area contributed by atoms with E-state index in [0.717, 1.165) is 0 Å². The molecule has 0 fully saturated rings. The van der Waals surface area contributed by atoms with Crippen molar-refractivity contribution in [2.45, 2.75) is 52.1 Å². The highest BCUT2D eigenvalue weighted by atomic mass is 16.6. The number of nitro groups is 2. The SMILES string of the molecule is CCC(=O)N(CC(C)(C)[N+](=O)[O-])CC(C)(C)[N+](=O)[O-]. The molecule has 0 aromatic rings. The number of carbonyl (C=O) groups is 1. The second kappa shape index (κ2) is 5.94. The van der Waals surface area contributed by atoms with Crippen LogP contribution in [0.5, 0.6) is 0 Å². The van der Waals surface area contributed by atoms with E-state index in [9.17, 15) is 25.0 Å². The molecule has 0 unspecified atom stereocenters. The lowest BCUT2D eigenvalue weighted by Crippen LogP contribution is -2.52. The van der Waals surface area contributed by atoms with Crippen LogP contribution in [-0.4, -0.2) is 44.8 Å². The van der Waals surface area contributed by atoms with Gasteiger partial charge in [0.25, 0.3) is 0 Å². The average molecular weight is 275 g/mol. The van der Waals surface area contributed by atoms with Gasteiger partial charge in [0.2, 0.25) is 17.0 Å². The number of amides is 1. The van der Waals surface area contributed by atoms with Gasteiger partial charge >= 0.3 is 0 Å². The minimum absolute atomic E-state index is 0.149. The molecule has 8 heteroatoms. The number of hydrogen-bond donors (Lipinski definition) is 0. The fraction of sp³-hybridized carbons (Fsp3) is 0.909. The molecule has 110 valence electrons. The van der Waals surface area contributed by atoms with E-state index in [1.54, 1.807) is 6.92 Å². The van der Waals surface area contributed by atoms with E-state index in [1.807, 2.05) is 0 Å². The third-order valence-corrected chi connectivity index (χ3v) is 2.80. The van der Waals surface area contributed by atoms with Gasteiger partial charge < -0.3 is 4.90 Å². The Morgan fingerprint density at radius 1 is 1.00 bits per heavy atom. The quantitative estimate of drug-likeness (QED) is 0.514. The molecule has 0 saturated heterocycles. The summed E-state index contributed by atoms with van der Waals surface area (Å²) in [5.41, 5.74) is -2.67. The smallest absolute Gasteiger partial charge is 0.234 e. The van der Waals surface area contributed by atoms with Crippen LogP contribution >= 0.6 is 0 Å².